The van der Waals surface area contributed by atoms with Gasteiger partial charge in [0, 0.05) is 12.2 Å². The Hall–Kier alpha value is -2.31. The van der Waals surface area contributed by atoms with Crippen molar-refractivity contribution in [2.45, 2.75) is 13.8 Å². The molecule has 0 radical (unpaired) electrons. The molecule has 1 aliphatic rings. The Bertz CT molecular complexity index is 680. The van der Waals surface area contributed by atoms with Crippen molar-refractivity contribution >= 4 is 19.0 Å². The summed E-state index contributed by atoms with van der Waals surface area (Å²) < 4.78 is 41.1. The molecule has 0 saturated carbocycles. The van der Waals surface area contributed by atoms with Gasteiger partial charge in [-0.05, 0) is 66.5 Å². The highest BCUT2D eigenvalue weighted by atomic mass is 19.5. The van der Waals surface area contributed by atoms with E-state index in [1.165, 1.54) is 5.71 Å². The topological polar surface area (TPSA) is 23.2 Å². The predicted octanol–water partition coefficient (Wildman–Crippen LogP) is 4.53. The van der Waals surface area contributed by atoms with Crippen LogP contribution in [-0.4, -0.2) is 36.7 Å². The molecule has 7 heteroatoms. The van der Waals surface area contributed by atoms with E-state index in [1.54, 1.807) is 0 Å². The molecule has 130 valence electrons. The number of phenolic OH excluding ortho intramolecular Hbond substituents is 1. The van der Waals surface area contributed by atoms with E-state index in [2.05, 4.69) is 35.0 Å². The second-order valence-electron chi connectivity index (χ2n) is 5.63. The second-order valence-corrected chi connectivity index (χ2v) is 5.63. The number of nitrogens with zero attached hydrogens (tertiary/aromatic N) is 1. The van der Waals surface area contributed by atoms with Gasteiger partial charge < -0.3 is 22.4 Å². The van der Waals surface area contributed by atoms with E-state index in [1.807, 2.05) is 40.1 Å². The first kappa shape index (κ1) is 19.7. The average molecular weight is 341 g/mol. The quantitative estimate of drug-likeness (QED) is 0.453. The summed E-state index contributed by atoms with van der Waals surface area (Å²) in [5.41, 5.74) is 5.29. The number of halogens is 4. The van der Waals surface area contributed by atoms with Crippen LogP contribution in [-0.2, 0) is 0 Å². The van der Waals surface area contributed by atoms with Crippen LogP contribution < -0.4 is 0 Å². The van der Waals surface area contributed by atoms with Crippen molar-refractivity contribution in [3.05, 3.63) is 58.7 Å². The van der Waals surface area contributed by atoms with E-state index < -0.39 is 7.25 Å². The van der Waals surface area contributed by atoms with E-state index in [4.69, 9.17) is 0 Å². The molecular weight excluding hydrogens is 321 g/mol. The lowest BCUT2D eigenvalue weighted by molar-refractivity contribution is -0.462. The van der Waals surface area contributed by atoms with Crippen molar-refractivity contribution in [2.75, 3.05) is 14.1 Å². The maximum absolute atomic E-state index is 9.77. The van der Waals surface area contributed by atoms with Crippen molar-refractivity contribution in [3.8, 4) is 5.75 Å². The first-order valence-electron chi connectivity index (χ1n) is 7.27. The van der Waals surface area contributed by atoms with Crippen LogP contribution in [0.2, 0.25) is 0 Å². The van der Waals surface area contributed by atoms with Gasteiger partial charge in [0.15, 0.2) is 5.71 Å². The largest absolute Gasteiger partial charge is 0.673 e. The lowest BCUT2D eigenvalue weighted by Gasteiger charge is -2.06. The van der Waals surface area contributed by atoms with Crippen LogP contribution in [0.4, 0.5) is 17.3 Å². The van der Waals surface area contributed by atoms with Crippen LogP contribution in [0.25, 0.3) is 6.08 Å². The highest BCUT2D eigenvalue weighted by Crippen LogP contribution is 2.24. The summed E-state index contributed by atoms with van der Waals surface area (Å²) in [4.78, 5) is 0. The molecule has 0 spiro atoms. The summed E-state index contributed by atoms with van der Waals surface area (Å²) in [6.07, 6.45) is 10.5. The number of rotatable bonds is 1. The Morgan fingerprint density at radius 1 is 0.917 bits per heavy atom. The van der Waals surface area contributed by atoms with Gasteiger partial charge in [-0.15, -0.1) is 0 Å². The van der Waals surface area contributed by atoms with Crippen LogP contribution in [0.3, 0.4) is 0 Å². The number of aromatic hydroxyl groups is 1. The van der Waals surface area contributed by atoms with Crippen molar-refractivity contribution in [1.29, 1.82) is 0 Å². The number of phenols is 1. The van der Waals surface area contributed by atoms with E-state index in [0.29, 0.717) is 5.75 Å². The smallest absolute Gasteiger partial charge is 0.507 e. The number of aryl methyl sites for hydroxylation is 2. The zero-order valence-corrected chi connectivity index (χ0v) is 14.0. The van der Waals surface area contributed by atoms with Gasteiger partial charge in [-0.2, -0.15) is 0 Å². The molecule has 0 heterocycles. The van der Waals surface area contributed by atoms with Crippen molar-refractivity contribution < 1.29 is 26.9 Å². The van der Waals surface area contributed by atoms with Crippen LogP contribution in [0.15, 0.2) is 42.0 Å². The molecule has 0 fully saturated rings. The number of hydrogen-bond acceptors (Lipinski definition) is 1. The first-order chi connectivity index (χ1) is 11.0. The summed E-state index contributed by atoms with van der Waals surface area (Å²) >= 11 is 0. The third kappa shape index (κ3) is 6.85. The van der Waals surface area contributed by atoms with Crippen LogP contribution in [0.5, 0.6) is 5.75 Å². The lowest BCUT2D eigenvalue weighted by atomic mass is 10.0. The molecule has 0 atom stereocenters. The van der Waals surface area contributed by atoms with Crippen molar-refractivity contribution in [3.63, 3.8) is 0 Å². The molecule has 1 N–H and O–H groups in total. The molecule has 1 aliphatic carbocycles. The highest BCUT2D eigenvalue weighted by molar-refractivity contribution is 6.50. The Morgan fingerprint density at radius 3 is 1.71 bits per heavy atom. The monoisotopic (exact) mass is 341 g/mol. The molecule has 1 aromatic carbocycles. The fraction of sp³-hybridized carbons (Fsp3) is 0.235. The highest BCUT2D eigenvalue weighted by Gasteiger charge is 2.20. The minimum Gasteiger partial charge on any atom is -0.507 e. The zero-order chi connectivity index (χ0) is 18.5. The molecule has 0 aromatic heterocycles. The lowest BCUT2D eigenvalue weighted by Crippen LogP contribution is -2.09. The van der Waals surface area contributed by atoms with E-state index in [9.17, 15) is 22.4 Å². The molecule has 2 rings (SSSR count). The SMILES string of the molecule is Cc1cc(C=C2C=CC(=[N+](C)C)C=C2)cc(C)c1O.F[B-](F)(F)F. The normalized spacial score (nSPS) is 13.5. The summed E-state index contributed by atoms with van der Waals surface area (Å²) in [6, 6.07) is 4.00. The van der Waals surface area contributed by atoms with Crippen molar-refractivity contribution in [2.24, 2.45) is 0 Å². The minimum atomic E-state index is -6.00. The third-order valence-electron chi connectivity index (χ3n) is 3.26. The average Bonchev–Trinajstić information content (AvgIpc) is 2.43. The van der Waals surface area contributed by atoms with Crippen molar-refractivity contribution in [1.82, 2.24) is 0 Å². The summed E-state index contributed by atoms with van der Waals surface area (Å²) in [5, 5.41) is 9.77. The second kappa shape index (κ2) is 7.99. The Labute approximate surface area is 139 Å². The zero-order valence-electron chi connectivity index (χ0n) is 14.0. The number of benzene rings is 1. The van der Waals surface area contributed by atoms with Crippen LogP contribution >= 0.6 is 0 Å². The molecule has 2 nitrogen and oxygen atoms in total. The fourth-order valence-electron chi connectivity index (χ4n) is 2.13. The van der Waals surface area contributed by atoms with E-state index in [-0.39, 0.29) is 0 Å². The minimum absolute atomic E-state index is 0.389. The standard InChI is InChI=1S/C17H19NO.BF4/c1-12-9-15(10-13(2)17(12)19)11-14-5-7-16(8-6-14)18(3)4;2-1(3,4)5/h5-11H,1-4H3;/q;-1/p+1. The number of hydrogen-bond donors (Lipinski definition) is 1. The van der Waals surface area contributed by atoms with Gasteiger partial charge in [-0.25, -0.2) is 4.58 Å². The summed E-state index contributed by atoms with van der Waals surface area (Å²) in [5.74, 6) is 0.389. The Kier molecular flexibility index (Phi) is 6.57. The van der Waals surface area contributed by atoms with E-state index >= 15 is 0 Å². The third-order valence-corrected chi connectivity index (χ3v) is 3.26. The van der Waals surface area contributed by atoms with Gasteiger partial charge >= 0.3 is 7.25 Å². The van der Waals surface area contributed by atoms with Gasteiger partial charge in [0.2, 0.25) is 0 Å². The maximum atomic E-state index is 9.77. The Morgan fingerprint density at radius 2 is 1.33 bits per heavy atom. The maximum Gasteiger partial charge on any atom is 0.673 e. The molecule has 0 unspecified atom stereocenters. The van der Waals surface area contributed by atoms with Gasteiger partial charge in [-0.3, -0.25) is 0 Å². The number of allylic oxidation sites excluding steroid dienone is 5. The van der Waals surface area contributed by atoms with Gasteiger partial charge in [0.25, 0.3) is 0 Å². The summed E-state index contributed by atoms with van der Waals surface area (Å²) in [7, 11) is -1.93. The van der Waals surface area contributed by atoms with Gasteiger partial charge in [0.05, 0.1) is 0 Å². The Balaban J connectivity index is 0.000000505. The van der Waals surface area contributed by atoms with Crippen LogP contribution in [0.1, 0.15) is 16.7 Å². The predicted molar refractivity (Wildman–Crippen MR) is 91.1 cm³/mol. The van der Waals surface area contributed by atoms with E-state index in [0.717, 1.165) is 22.3 Å². The first-order valence-corrected chi connectivity index (χ1v) is 7.27. The molecular formula is C17H20BF4NO. The molecule has 0 amide bonds. The molecule has 24 heavy (non-hydrogen) atoms. The summed E-state index contributed by atoms with van der Waals surface area (Å²) in [6.45, 7) is 3.85. The molecule has 0 aliphatic heterocycles. The fourth-order valence-corrected chi connectivity index (χ4v) is 2.13. The van der Waals surface area contributed by atoms with Gasteiger partial charge in [0.1, 0.15) is 19.8 Å². The molecule has 0 saturated heterocycles. The molecule has 0 bridgehead atoms. The van der Waals surface area contributed by atoms with Gasteiger partial charge in [-0.1, -0.05) is 0 Å². The molecule has 1 aromatic rings. The van der Waals surface area contributed by atoms with Crippen LogP contribution in [0, 0.1) is 13.8 Å².